The van der Waals surface area contributed by atoms with Crippen molar-refractivity contribution in [3.8, 4) is 0 Å². The highest BCUT2D eigenvalue weighted by Gasteiger charge is 1.58. The Labute approximate surface area is 50.3 Å². The Balaban J connectivity index is 3.09. The summed E-state index contributed by atoms with van der Waals surface area (Å²) in [7, 11) is 0. The van der Waals surface area contributed by atoms with E-state index < -0.39 is 0 Å². The molecule has 7 heavy (non-hydrogen) atoms. The largest absolute Gasteiger partial charge is 0.151 e. The van der Waals surface area contributed by atoms with Crippen molar-refractivity contribution in [2.24, 2.45) is 0 Å². The Kier molecular flexibility index (Phi) is 5.69. The highest BCUT2D eigenvalue weighted by molar-refractivity contribution is 7.83. The van der Waals surface area contributed by atoms with Crippen molar-refractivity contribution in [1.29, 1.82) is 0 Å². The fourth-order valence-electron chi connectivity index (χ4n) is 0.264. The molecule has 0 saturated carbocycles. The first-order valence-electron chi connectivity index (χ1n) is 2.37. The van der Waals surface area contributed by atoms with E-state index in [2.05, 4.69) is 25.6 Å². The van der Waals surface area contributed by atoms with Crippen LogP contribution in [0.5, 0.6) is 0 Å². The van der Waals surface area contributed by atoms with Crippen molar-refractivity contribution >= 4 is 12.6 Å². The number of hydrogen-bond acceptors (Lipinski definition) is 1. The van der Waals surface area contributed by atoms with Gasteiger partial charge in [0.05, 0.1) is 0 Å². The summed E-state index contributed by atoms with van der Waals surface area (Å²) < 4.78 is 0. The molecule has 40 valence electrons. The van der Waals surface area contributed by atoms with Crippen LogP contribution >= 0.6 is 12.6 Å². The summed E-state index contributed by atoms with van der Waals surface area (Å²) in [6, 6.07) is 0. The van der Waals surface area contributed by atoms with E-state index in [4.69, 9.17) is 0 Å². The fraction of sp³-hybridized carbons (Fsp3) is 0.333. The van der Waals surface area contributed by atoms with Crippen molar-refractivity contribution in [2.45, 2.75) is 13.3 Å². The van der Waals surface area contributed by atoms with E-state index >= 15 is 0 Å². The molecule has 1 heteroatoms. The van der Waals surface area contributed by atoms with Gasteiger partial charge in [-0.05, 0) is 11.8 Å². The second-order valence-electron chi connectivity index (χ2n) is 1.18. The van der Waals surface area contributed by atoms with Gasteiger partial charge in [-0.2, -0.15) is 12.6 Å². The third-order valence-corrected chi connectivity index (χ3v) is 0.741. The van der Waals surface area contributed by atoms with Crippen molar-refractivity contribution < 1.29 is 0 Å². The Morgan fingerprint density at radius 1 is 1.43 bits per heavy atom. The number of allylic oxidation sites excluding steroid dienone is 3. The summed E-state index contributed by atoms with van der Waals surface area (Å²) in [5.41, 5.74) is 0. The summed E-state index contributed by atoms with van der Waals surface area (Å²) in [5, 5.41) is 1.71. The Morgan fingerprint density at radius 2 is 2.14 bits per heavy atom. The summed E-state index contributed by atoms with van der Waals surface area (Å²) in [6.07, 6.45) is 7.05. The summed E-state index contributed by atoms with van der Waals surface area (Å²) in [6.45, 7) is 2.10. The average Bonchev–Trinajstić information content (AvgIpc) is 1.69. The van der Waals surface area contributed by atoms with E-state index in [1.165, 1.54) is 0 Å². The quantitative estimate of drug-likeness (QED) is 0.413. The molecule has 0 aromatic rings. The van der Waals surface area contributed by atoms with E-state index in [0.29, 0.717) is 0 Å². The van der Waals surface area contributed by atoms with E-state index in [1.54, 1.807) is 5.41 Å². The maximum Gasteiger partial charge on any atom is -0.0324 e. The minimum atomic E-state index is 1.10. The minimum Gasteiger partial charge on any atom is -0.151 e. The van der Waals surface area contributed by atoms with Gasteiger partial charge in [0.2, 0.25) is 0 Å². The van der Waals surface area contributed by atoms with Crippen molar-refractivity contribution in [1.82, 2.24) is 0 Å². The molecule has 0 spiro atoms. The van der Waals surface area contributed by atoms with Gasteiger partial charge >= 0.3 is 0 Å². The lowest BCUT2D eigenvalue weighted by atomic mass is 10.4. The molecule has 0 N–H and O–H groups in total. The first kappa shape index (κ1) is 6.83. The van der Waals surface area contributed by atoms with Crippen LogP contribution < -0.4 is 0 Å². The second kappa shape index (κ2) is 5.83. The van der Waals surface area contributed by atoms with Crippen molar-refractivity contribution in [3.63, 3.8) is 0 Å². The van der Waals surface area contributed by atoms with E-state index in [9.17, 15) is 0 Å². The Morgan fingerprint density at radius 3 is 2.57 bits per heavy atom. The van der Waals surface area contributed by atoms with Gasteiger partial charge in [0.1, 0.15) is 0 Å². The number of thiol groups is 1. The van der Waals surface area contributed by atoms with Crippen LogP contribution in [0.1, 0.15) is 13.3 Å². The number of hydrogen-bond donors (Lipinski definition) is 1. The second-order valence-corrected chi connectivity index (χ2v) is 1.48. The Hall–Kier alpha value is -0.170. The average molecular weight is 114 g/mol. The molecule has 0 saturated heterocycles. The fourth-order valence-corrected chi connectivity index (χ4v) is 0.364. The lowest BCUT2D eigenvalue weighted by molar-refractivity contribution is 1.22. The predicted molar refractivity (Wildman–Crippen MR) is 37.6 cm³/mol. The first-order chi connectivity index (χ1) is 3.41. The molecule has 0 heterocycles. The molecule has 0 aliphatic rings. The van der Waals surface area contributed by atoms with Gasteiger partial charge in [0.25, 0.3) is 0 Å². The first-order valence-corrected chi connectivity index (χ1v) is 2.89. The van der Waals surface area contributed by atoms with Gasteiger partial charge in [0, 0.05) is 0 Å². The maximum atomic E-state index is 3.86. The Bertz CT molecular complexity index is 72.2. The van der Waals surface area contributed by atoms with E-state index in [1.807, 2.05) is 12.2 Å². The molecule has 0 radical (unpaired) electrons. The van der Waals surface area contributed by atoms with Crippen LogP contribution in [0, 0.1) is 0 Å². The standard InChI is InChI=1S/C6H10S/c1-2-3-4-5-6-7/h3-7H,2H2,1H3/b4-3-,6-5-. The van der Waals surface area contributed by atoms with Gasteiger partial charge in [-0.15, -0.1) is 0 Å². The van der Waals surface area contributed by atoms with Crippen LogP contribution in [0.2, 0.25) is 0 Å². The zero-order valence-electron chi connectivity index (χ0n) is 4.46. The third kappa shape index (κ3) is 5.83. The van der Waals surface area contributed by atoms with Crippen LogP contribution in [0.3, 0.4) is 0 Å². The monoisotopic (exact) mass is 114 g/mol. The summed E-state index contributed by atoms with van der Waals surface area (Å²) in [4.78, 5) is 0. The zero-order valence-corrected chi connectivity index (χ0v) is 5.36. The topological polar surface area (TPSA) is 0 Å². The molecular formula is C6H10S. The van der Waals surface area contributed by atoms with Crippen molar-refractivity contribution in [3.05, 3.63) is 23.6 Å². The molecule has 0 fully saturated rings. The van der Waals surface area contributed by atoms with Gasteiger partial charge in [-0.3, -0.25) is 0 Å². The minimum absolute atomic E-state index is 1.10. The molecule has 0 nitrogen and oxygen atoms in total. The maximum absolute atomic E-state index is 3.86. The smallest absolute Gasteiger partial charge is 0.0324 e. The molecule has 0 atom stereocenters. The van der Waals surface area contributed by atoms with E-state index in [0.717, 1.165) is 6.42 Å². The molecule has 0 unspecified atom stereocenters. The van der Waals surface area contributed by atoms with Gasteiger partial charge in [-0.25, -0.2) is 0 Å². The highest BCUT2D eigenvalue weighted by Crippen LogP contribution is 1.82. The molecule has 0 aromatic carbocycles. The molecule has 0 bridgehead atoms. The molecule has 0 rings (SSSR count). The highest BCUT2D eigenvalue weighted by atomic mass is 32.1. The predicted octanol–water partition coefficient (Wildman–Crippen LogP) is 2.40. The van der Waals surface area contributed by atoms with Crippen LogP contribution in [0.25, 0.3) is 0 Å². The molecule has 0 aromatic heterocycles. The summed E-state index contributed by atoms with van der Waals surface area (Å²) >= 11 is 3.86. The SMILES string of the molecule is CC/C=C\C=C/S. The number of rotatable bonds is 2. The van der Waals surface area contributed by atoms with Crippen molar-refractivity contribution in [2.75, 3.05) is 0 Å². The van der Waals surface area contributed by atoms with Gasteiger partial charge in [-0.1, -0.05) is 25.2 Å². The third-order valence-electron chi connectivity index (χ3n) is 0.569. The molecule has 0 amide bonds. The van der Waals surface area contributed by atoms with Crippen LogP contribution in [0.4, 0.5) is 0 Å². The van der Waals surface area contributed by atoms with E-state index in [-0.39, 0.29) is 0 Å². The zero-order chi connectivity index (χ0) is 5.54. The van der Waals surface area contributed by atoms with Gasteiger partial charge < -0.3 is 0 Å². The summed E-state index contributed by atoms with van der Waals surface area (Å²) in [5.74, 6) is 0. The molecular weight excluding hydrogens is 104 g/mol. The normalized spacial score (nSPS) is 11.7. The molecule has 0 aliphatic heterocycles. The lowest BCUT2D eigenvalue weighted by Gasteiger charge is -1.70. The van der Waals surface area contributed by atoms with Crippen LogP contribution in [-0.2, 0) is 0 Å². The van der Waals surface area contributed by atoms with Crippen LogP contribution in [0.15, 0.2) is 23.6 Å². The molecule has 0 aliphatic carbocycles. The van der Waals surface area contributed by atoms with Gasteiger partial charge in [0.15, 0.2) is 0 Å². The van der Waals surface area contributed by atoms with Crippen LogP contribution in [-0.4, -0.2) is 0 Å². The lowest BCUT2D eigenvalue weighted by Crippen LogP contribution is -1.47.